The van der Waals surface area contributed by atoms with Crippen LogP contribution in [-0.2, 0) is 17.6 Å². The number of fused-ring (bicyclic) bond motifs is 1. The Bertz CT molecular complexity index is 1920. The van der Waals surface area contributed by atoms with Crippen molar-refractivity contribution >= 4 is 17.6 Å². The lowest BCUT2D eigenvalue weighted by Gasteiger charge is -2.38. The van der Waals surface area contributed by atoms with Crippen LogP contribution in [0.2, 0.25) is 0 Å². The fraction of sp³-hybridized carbons (Fsp3) is 0.194. The van der Waals surface area contributed by atoms with Crippen LogP contribution in [0.25, 0.3) is 5.69 Å². The molecule has 1 N–H and O–H groups in total. The number of carbonyl (C=O) groups is 2. The molecule has 1 aliphatic heterocycles. The van der Waals surface area contributed by atoms with Crippen molar-refractivity contribution in [3.05, 3.63) is 142 Å². The fourth-order valence-electron chi connectivity index (χ4n) is 5.90. The van der Waals surface area contributed by atoms with Crippen molar-refractivity contribution in [3.8, 4) is 11.4 Å². The smallest absolute Gasteiger partial charge is 0.416 e. The minimum atomic E-state index is -4.66. The van der Waals surface area contributed by atoms with E-state index in [0.29, 0.717) is 40.7 Å². The molecule has 47 heavy (non-hydrogen) atoms. The summed E-state index contributed by atoms with van der Waals surface area (Å²) in [7, 11) is 0. The van der Waals surface area contributed by atoms with Gasteiger partial charge in [-0.2, -0.15) is 18.3 Å². The molecule has 4 aromatic carbocycles. The van der Waals surface area contributed by atoms with E-state index in [2.05, 4.69) is 5.32 Å². The molecule has 1 aliphatic rings. The van der Waals surface area contributed by atoms with E-state index in [1.54, 1.807) is 18.5 Å². The molecule has 2 heterocycles. The van der Waals surface area contributed by atoms with E-state index in [0.717, 1.165) is 23.8 Å². The SMILES string of the molecule is CCN1C(=O)[C@@H](NC(=O)c2cccc(C(F)(F)F)c2)[C@@H](c2ccc(F)cc2)c2c(C)nn(-c3cccc(OCc4ccccc4)c3)c21. The molecule has 0 bridgehead atoms. The molecule has 0 saturated carbocycles. The molecule has 5 aromatic rings. The molecule has 2 amide bonds. The molecule has 0 radical (unpaired) electrons. The van der Waals surface area contributed by atoms with Crippen molar-refractivity contribution in [2.24, 2.45) is 0 Å². The Labute approximate surface area is 268 Å². The maximum absolute atomic E-state index is 14.3. The average molecular weight is 643 g/mol. The van der Waals surface area contributed by atoms with Gasteiger partial charge in [0.25, 0.3) is 11.8 Å². The number of carbonyl (C=O) groups excluding carboxylic acids is 2. The van der Waals surface area contributed by atoms with E-state index in [1.165, 1.54) is 35.2 Å². The van der Waals surface area contributed by atoms with Gasteiger partial charge in [-0.25, -0.2) is 9.07 Å². The number of rotatable bonds is 8. The van der Waals surface area contributed by atoms with Gasteiger partial charge in [-0.1, -0.05) is 54.6 Å². The van der Waals surface area contributed by atoms with Gasteiger partial charge in [0, 0.05) is 29.7 Å². The van der Waals surface area contributed by atoms with Crippen LogP contribution in [-0.4, -0.2) is 34.2 Å². The molecule has 0 spiro atoms. The number of likely N-dealkylation sites (N-methyl/N-ethyl adjacent to an activating group) is 1. The maximum atomic E-state index is 14.3. The van der Waals surface area contributed by atoms with Crippen molar-refractivity contribution in [1.82, 2.24) is 15.1 Å². The number of hydrogen-bond acceptors (Lipinski definition) is 4. The van der Waals surface area contributed by atoms with Crippen LogP contribution in [0.15, 0.2) is 103 Å². The number of nitrogens with one attached hydrogen (secondary N) is 1. The number of nitrogens with zero attached hydrogens (tertiary/aromatic N) is 3. The number of halogens is 4. The van der Waals surface area contributed by atoms with E-state index >= 15 is 0 Å². The summed E-state index contributed by atoms with van der Waals surface area (Å²) >= 11 is 0. The number of ether oxygens (including phenoxy) is 1. The van der Waals surface area contributed by atoms with E-state index in [-0.39, 0.29) is 12.1 Å². The number of hydrogen-bond donors (Lipinski definition) is 1. The van der Waals surface area contributed by atoms with Crippen LogP contribution < -0.4 is 15.0 Å². The van der Waals surface area contributed by atoms with Crippen molar-refractivity contribution in [3.63, 3.8) is 0 Å². The molecule has 0 fully saturated rings. The minimum absolute atomic E-state index is 0.202. The summed E-state index contributed by atoms with van der Waals surface area (Å²) in [5.74, 6) is -1.62. The number of benzene rings is 4. The molecule has 240 valence electrons. The summed E-state index contributed by atoms with van der Waals surface area (Å²) < 4.78 is 62.0. The van der Waals surface area contributed by atoms with Gasteiger partial charge in [0.15, 0.2) is 0 Å². The lowest BCUT2D eigenvalue weighted by Crippen LogP contribution is -2.55. The molecular weight excluding hydrogens is 612 g/mol. The first-order valence-corrected chi connectivity index (χ1v) is 15.0. The van der Waals surface area contributed by atoms with Crippen molar-refractivity contribution < 1.29 is 31.9 Å². The van der Waals surface area contributed by atoms with Gasteiger partial charge in [0.2, 0.25) is 0 Å². The van der Waals surface area contributed by atoms with Gasteiger partial charge in [0.05, 0.1) is 16.9 Å². The summed E-state index contributed by atoms with van der Waals surface area (Å²) in [6, 6.07) is 25.3. The lowest BCUT2D eigenvalue weighted by atomic mass is 9.81. The number of aryl methyl sites for hydroxylation is 1. The number of aromatic nitrogens is 2. The molecule has 0 unspecified atom stereocenters. The Kier molecular flexibility index (Phi) is 8.55. The number of anilines is 1. The highest BCUT2D eigenvalue weighted by Crippen LogP contribution is 2.43. The van der Waals surface area contributed by atoms with Gasteiger partial charge in [0.1, 0.15) is 30.0 Å². The van der Waals surface area contributed by atoms with Crippen LogP contribution >= 0.6 is 0 Å². The first-order valence-electron chi connectivity index (χ1n) is 15.0. The first-order chi connectivity index (χ1) is 22.5. The summed E-state index contributed by atoms with van der Waals surface area (Å²) in [6.45, 7) is 4.10. The first kappa shape index (κ1) is 31.5. The predicted octanol–water partition coefficient (Wildman–Crippen LogP) is 7.21. The molecule has 7 nitrogen and oxygen atoms in total. The van der Waals surface area contributed by atoms with E-state index < -0.39 is 41.3 Å². The Hall–Kier alpha value is -5.45. The molecule has 11 heteroatoms. The monoisotopic (exact) mass is 642 g/mol. The molecule has 6 rings (SSSR count). The van der Waals surface area contributed by atoms with Crippen LogP contribution in [0.1, 0.15) is 51.1 Å². The summed E-state index contributed by atoms with van der Waals surface area (Å²) in [5, 5.41) is 7.52. The summed E-state index contributed by atoms with van der Waals surface area (Å²) in [4.78, 5) is 29.2. The second-order valence-electron chi connectivity index (χ2n) is 11.1. The normalized spacial score (nSPS) is 16.1. The highest BCUT2D eigenvalue weighted by atomic mass is 19.4. The van der Waals surface area contributed by atoms with Crippen LogP contribution in [0.5, 0.6) is 5.75 Å². The van der Waals surface area contributed by atoms with Gasteiger partial charge < -0.3 is 10.1 Å². The predicted molar refractivity (Wildman–Crippen MR) is 168 cm³/mol. The topological polar surface area (TPSA) is 76.5 Å². The average Bonchev–Trinajstić information content (AvgIpc) is 3.41. The number of alkyl halides is 3. The van der Waals surface area contributed by atoms with Crippen LogP contribution in [0.3, 0.4) is 0 Å². The van der Waals surface area contributed by atoms with E-state index in [4.69, 9.17) is 9.84 Å². The van der Waals surface area contributed by atoms with Crippen molar-refractivity contribution in [2.75, 3.05) is 11.4 Å². The zero-order valence-corrected chi connectivity index (χ0v) is 25.5. The van der Waals surface area contributed by atoms with Gasteiger partial charge in [-0.05, 0) is 67.4 Å². The highest BCUT2D eigenvalue weighted by molar-refractivity contribution is 6.05. The third kappa shape index (κ3) is 6.33. The molecule has 2 atom stereocenters. The second-order valence-corrected chi connectivity index (χ2v) is 11.1. The largest absolute Gasteiger partial charge is 0.489 e. The molecular formula is C36H30F4N4O3. The van der Waals surface area contributed by atoms with E-state index in [1.807, 2.05) is 54.6 Å². The zero-order valence-electron chi connectivity index (χ0n) is 25.5. The highest BCUT2D eigenvalue weighted by Gasteiger charge is 2.45. The summed E-state index contributed by atoms with van der Waals surface area (Å²) in [5.41, 5.74) is 2.06. The zero-order chi connectivity index (χ0) is 33.3. The van der Waals surface area contributed by atoms with Crippen molar-refractivity contribution in [1.29, 1.82) is 0 Å². The second kappa shape index (κ2) is 12.7. The quantitative estimate of drug-likeness (QED) is 0.182. The van der Waals surface area contributed by atoms with Crippen molar-refractivity contribution in [2.45, 2.75) is 38.6 Å². The third-order valence-electron chi connectivity index (χ3n) is 8.11. The minimum Gasteiger partial charge on any atom is -0.489 e. The Morgan fingerprint density at radius 3 is 2.36 bits per heavy atom. The van der Waals surface area contributed by atoms with Crippen LogP contribution in [0, 0.1) is 12.7 Å². The van der Waals surface area contributed by atoms with Gasteiger partial charge >= 0.3 is 6.18 Å². The molecule has 1 aromatic heterocycles. The van der Waals surface area contributed by atoms with Crippen LogP contribution in [0.4, 0.5) is 23.4 Å². The summed E-state index contributed by atoms with van der Waals surface area (Å²) in [6.07, 6.45) is -4.66. The fourth-order valence-corrected chi connectivity index (χ4v) is 5.90. The Morgan fingerprint density at radius 2 is 1.66 bits per heavy atom. The van der Waals surface area contributed by atoms with Gasteiger partial charge in [-0.15, -0.1) is 0 Å². The maximum Gasteiger partial charge on any atom is 0.416 e. The lowest BCUT2D eigenvalue weighted by molar-refractivity contribution is -0.137. The molecule has 0 aliphatic carbocycles. The molecule has 0 saturated heterocycles. The van der Waals surface area contributed by atoms with Gasteiger partial charge in [-0.3, -0.25) is 14.5 Å². The standard InChI is InChI=1S/C36H30F4N4O3/c1-3-43-34-30(22(2)42-44(34)28-13-8-14-29(20-28)47-21-23-9-5-4-6-10-23)31(24-15-17-27(37)18-16-24)32(35(43)46)41-33(45)25-11-7-12-26(19-25)36(38,39)40/h4-20,31-32H,3,21H2,1-2H3,(H,41,45)/t31-,32-/m0/s1. The number of amides is 2. The van der Waals surface area contributed by atoms with E-state index in [9.17, 15) is 27.2 Å². The Balaban J connectivity index is 1.42. The Morgan fingerprint density at radius 1 is 0.936 bits per heavy atom. The third-order valence-corrected chi connectivity index (χ3v) is 8.11.